The molecule has 0 saturated heterocycles. The van der Waals surface area contributed by atoms with Crippen molar-refractivity contribution in [2.45, 2.75) is 64.6 Å². The smallest absolute Gasteiger partial charge is 0.271 e. The van der Waals surface area contributed by atoms with Crippen LogP contribution in [0.1, 0.15) is 50.2 Å². The first-order chi connectivity index (χ1) is 18.3. The number of nitrogens with zero attached hydrogens (tertiary/aromatic N) is 3. The molecule has 1 N–H and O–H groups in total. The van der Waals surface area contributed by atoms with Gasteiger partial charge in [-0.15, -0.1) is 0 Å². The number of nitrogens with one attached hydrogen (secondary N) is 1. The number of hydrogen-bond acceptors (Lipinski definition) is 6. The average molecular weight is 600 g/mol. The van der Waals surface area contributed by atoms with E-state index in [1.54, 1.807) is 32.0 Å². The van der Waals surface area contributed by atoms with Gasteiger partial charge in [0.15, 0.2) is 0 Å². The van der Waals surface area contributed by atoms with Crippen molar-refractivity contribution in [1.82, 2.24) is 10.2 Å². The summed E-state index contributed by atoms with van der Waals surface area (Å²) in [5.74, 6) is -1.02. The summed E-state index contributed by atoms with van der Waals surface area (Å²) in [5, 5.41) is 15.0. The number of sulfonamides is 1. The number of nitro benzene ring substituents is 1. The standard InChI is InChI=1S/C26H32Cl2N4O6S/c1-17-9-11-21(32(35)36)14-24(17)31(39(3,37)38)16-25(33)30(15-19-10-12-22(27)23(28)13-19)18(2)26(34)29-20-7-5-4-6-8-20/h9-14,18,20H,4-8,15-16H2,1-3H3,(H,29,34)/t18-/m0/s1. The number of aryl methyl sites for hydroxylation is 1. The van der Waals surface area contributed by atoms with Crippen molar-refractivity contribution in [3.05, 3.63) is 67.7 Å². The zero-order valence-corrected chi connectivity index (χ0v) is 24.4. The summed E-state index contributed by atoms with van der Waals surface area (Å²) < 4.78 is 26.4. The Labute approximate surface area is 238 Å². The zero-order chi connectivity index (χ0) is 28.9. The number of hydrogen-bond donors (Lipinski definition) is 1. The SMILES string of the molecule is Cc1ccc([N+](=O)[O-])cc1N(CC(=O)N(Cc1ccc(Cl)c(Cl)c1)[C@@H](C)C(=O)NC1CCCCC1)S(C)(=O)=O. The number of nitro groups is 1. The number of carbonyl (C=O) groups excluding carboxylic acids is 2. The molecule has 0 unspecified atom stereocenters. The normalized spacial score (nSPS) is 14.9. The maximum absolute atomic E-state index is 13.7. The summed E-state index contributed by atoms with van der Waals surface area (Å²) in [6.45, 7) is 2.47. The van der Waals surface area contributed by atoms with Crippen LogP contribution in [0.3, 0.4) is 0 Å². The molecule has 0 spiro atoms. The maximum Gasteiger partial charge on any atom is 0.271 e. The second-order valence-electron chi connectivity index (χ2n) is 9.79. The van der Waals surface area contributed by atoms with E-state index in [1.807, 2.05) is 0 Å². The highest BCUT2D eigenvalue weighted by atomic mass is 35.5. The molecule has 1 saturated carbocycles. The maximum atomic E-state index is 13.7. The van der Waals surface area contributed by atoms with Crippen LogP contribution in [0.15, 0.2) is 36.4 Å². The van der Waals surface area contributed by atoms with E-state index in [0.717, 1.165) is 48.7 Å². The molecule has 1 atom stereocenters. The Morgan fingerprint density at radius 3 is 2.36 bits per heavy atom. The monoisotopic (exact) mass is 598 g/mol. The second-order valence-corrected chi connectivity index (χ2v) is 12.5. The molecule has 2 aromatic carbocycles. The molecule has 2 aromatic rings. The highest BCUT2D eigenvalue weighted by Crippen LogP contribution is 2.28. The third kappa shape index (κ3) is 8.06. The zero-order valence-electron chi connectivity index (χ0n) is 22.0. The quantitative estimate of drug-likeness (QED) is 0.307. The van der Waals surface area contributed by atoms with Crippen LogP contribution in [0, 0.1) is 17.0 Å². The number of anilines is 1. The molecular weight excluding hydrogens is 567 g/mol. The molecule has 0 aliphatic heterocycles. The minimum absolute atomic E-state index is 0.00819. The first-order valence-corrected chi connectivity index (χ1v) is 15.1. The number of benzene rings is 2. The summed E-state index contributed by atoms with van der Waals surface area (Å²) in [4.78, 5) is 39.0. The van der Waals surface area contributed by atoms with Crippen LogP contribution in [-0.4, -0.2) is 54.9 Å². The van der Waals surface area contributed by atoms with Crippen molar-refractivity contribution in [1.29, 1.82) is 0 Å². The molecule has 13 heteroatoms. The van der Waals surface area contributed by atoms with Gasteiger partial charge < -0.3 is 10.2 Å². The van der Waals surface area contributed by atoms with Crippen LogP contribution < -0.4 is 9.62 Å². The van der Waals surface area contributed by atoms with Crippen molar-refractivity contribution >= 4 is 56.4 Å². The Bertz CT molecular complexity index is 1350. The van der Waals surface area contributed by atoms with Crippen molar-refractivity contribution in [2.24, 2.45) is 0 Å². The number of amides is 2. The number of rotatable bonds is 10. The molecule has 3 rings (SSSR count). The second kappa shape index (κ2) is 13.0. The largest absolute Gasteiger partial charge is 0.352 e. The number of halogens is 2. The summed E-state index contributed by atoms with van der Waals surface area (Å²) in [6.07, 6.45) is 5.76. The Morgan fingerprint density at radius 1 is 1.10 bits per heavy atom. The molecule has 0 heterocycles. The molecule has 0 bridgehead atoms. The third-order valence-corrected chi connectivity index (χ3v) is 8.67. The Kier molecular flexibility index (Phi) is 10.2. The summed E-state index contributed by atoms with van der Waals surface area (Å²) in [5.41, 5.74) is 0.712. The van der Waals surface area contributed by atoms with E-state index in [2.05, 4.69) is 5.32 Å². The lowest BCUT2D eigenvalue weighted by Crippen LogP contribution is -2.53. The van der Waals surface area contributed by atoms with Crippen molar-refractivity contribution in [3.63, 3.8) is 0 Å². The van der Waals surface area contributed by atoms with Crippen LogP contribution in [0.5, 0.6) is 0 Å². The highest BCUT2D eigenvalue weighted by molar-refractivity contribution is 7.92. The lowest BCUT2D eigenvalue weighted by molar-refractivity contribution is -0.384. The molecule has 39 heavy (non-hydrogen) atoms. The molecule has 1 aliphatic carbocycles. The van der Waals surface area contributed by atoms with Crippen LogP contribution in [0.4, 0.5) is 11.4 Å². The van der Waals surface area contributed by atoms with Gasteiger partial charge in [-0.25, -0.2) is 8.42 Å². The molecule has 212 valence electrons. The van der Waals surface area contributed by atoms with E-state index in [1.165, 1.54) is 17.0 Å². The Hall–Kier alpha value is -2.89. The van der Waals surface area contributed by atoms with Crippen molar-refractivity contribution in [2.75, 3.05) is 17.1 Å². The predicted octanol–water partition coefficient (Wildman–Crippen LogP) is 4.84. The van der Waals surface area contributed by atoms with E-state index in [-0.39, 0.29) is 34.9 Å². The van der Waals surface area contributed by atoms with Crippen LogP contribution >= 0.6 is 23.2 Å². The van der Waals surface area contributed by atoms with Crippen LogP contribution in [-0.2, 0) is 26.2 Å². The van der Waals surface area contributed by atoms with E-state index in [0.29, 0.717) is 16.1 Å². The number of carbonyl (C=O) groups is 2. The lowest BCUT2D eigenvalue weighted by atomic mass is 9.95. The lowest BCUT2D eigenvalue weighted by Gasteiger charge is -2.33. The fourth-order valence-electron chi connectivity index (χ4n) is 4.56. The van der Waals surface area contributed by atoms with Crippen LogP contribution in [0.25, 0.3) is 0 Å². The average Bonchev–Trinajstić information content (AvgIpc) is 2.87. The summed E-state index contributed by atoms with van der Waals surface area (Å²) >= 11 is 12.2. The van der Waals surface area contributed by atoms with Crippen molar-refractivity contribution in [3.8, 4) is 0 Å². The molecule has 0 radical (unpaired) electrons. The summed E-state index contributed by atoms with van der Waals surface area (Å²) in [7, 11) is -4.04. The molecular formula is C26H32Cl2N4O6S. The molecule has 1 aliphatic rings. The van der Waals surface area contributed by atoms with E-state index >= 15 is 0 Å². The van der Waals surface area contributed by atoms with Gasteiger partial charge in [0.1, 0.15) is 12.6 Å². The van der Waals surface area contributed by atoms with E-state index < -0.39 is 33.4 Å². The topological polar surface area (TPSA) is 130 Å². The third-order valence-electron chi connectivity index (χ3n) is 6.81. The summed E-state index contributed by atoms with van der Waals surface area (Å²) in [6, 6.07) is 7.68. The first kappa shape index (κ1) is 30.6. The van der Waals surface area contributed by atoms with Gasteiger partial charge in [0.2, 0.25) is 21.8 Å². The fraction of sp³-hybridized carbons (Fsp3) is 0.462. The van der Waals surface area contributed by atoms with Gasteiger partial charge in [-0.1, -0.05) is 54.6 Å². The minimum Gasteiger partial charge on any atom is -0.352 e. The van der Waals surface area contributed by atoms with E-state index in [4.69, 9.17) is 23.2 Å². The minimum atomic E-state index is -4.04. The van der Waals surface area contributed by atoms with Gasteiger partial charge >= 0.3 is 0 Å². The number of non-ortho nitro benzene ring substituents is 1. The van der Waals surface area contributed by atoms with Gasteiger partial charge in [-0.2, -0.15) is 0 Å². The van der Waals surface area contributed by atoms with E-state index in [9.17, 15) is 28.1 Å². The fourth-order valence-corrected chi connectivity index (χ4v) is 5.78. The van der Waals surface area contributed by atoms with Gasteiger partial charge in [0, 0.05) is 24.7 Å². The molecule has 0 aromatic heterocycles. The van der Waals surface area contributed by atoms with Gasteiger partial charge in [-0.3, -0.25) is 24.0 Å². The Morgan fingerprint density at radius 2 is 1.77 bits per heavy atom. The first-order valence-electron chi connectivity index (χ1n) is 12.5. The highest BCUT2D eigenvalue weighted by Gasteiger charge is 2.32. The van der Waals surface area contributed by atoms with Gasteiger partial charge in [0.05, 0.1) is 26.9 Å². The predicted molar refractivity (Wildman–Crippen MR) is 152 cm³/mol. The van der Waals surface area contributed by atoms with Gasteiger partial charge in [-0.05, 0) is 49.9 Å². The molecule has 1 fully saturated rings. The molecule has 2 amide bonds. The Balaban J connectivity index is 1.95. The van der Waals surface area contributed by atoms with Crippen LogP contribution in [0.2, 0.25) is 10.0 Å². The van der Waals surface area contributed by atoms with Gasteiger partial charge in [0.25, 0.3) is 5.69 Å². The molecule has 10 nitrogen and oxygen atoms in total. The van der Waals surface area contributed by atoms with Crippen molar-refractivity contribution < 1.29 is 22.9 Å².